The van der Waals surface area contributed by atoms with E-state index >= 15 is 0 Å². The van der Waals surface area contributed by atoms with Crippen molar-refractivity contribution in [2.45, 2.75) is 13.8 Å². The van der Waals surface area contributed by atoms with Gasteiger partial charge < -0.3 is 15.1 Å². The van der Waals surface area contributed by atoms with E-state index in [-0.39, 0.29) is 17.4 Å². The first-order valence-electron chi connectivity index (χ1n) is 8.06. The van der Waals surface area contributed by atoms with Gasteiger partial charge in [-0.25, -0.2) is 0 Å². The maximum atomic E-state index is 12.1. The lowest BCUT2D eigenvalue weighted by atomic mass is 10.1. The van der Waals surface area contributed by atoms with E-state index in [1.165, 1.54) is 6.20 Å². The lowest BCUT2D eigenvalue weighted by Crippen LogP contribution is -2.50. The number of carbonyl (C=O) groups excluding carboxylic acids is 1. The van der Waals surface area contributed by atoms with Crippen molar-refractivity contribution in [3.63, 3.8) is 0 Å². The zero-order valence-corrected chi connectivity index (χ0v) is 15.0. The second-order valence-corrected chi connectivity index (χ2v) is 6.49. The summed E-state index contributed by atoms with van der Waals surface area (Å²) in [5, 5.41) is 21.2. The normalized spacial score (nSPS) is 13.8. The molecule has 1 aromatic carbocycles. The van der Waals surface area contributed by atoms with Gasteiger partial charge in [-0.1, -0.05) is 25.4 Å². The van der Waals surface area contributed by atoms with Crippen LogP contribution in [0.3, 0.4) is 0 Å². The summed E-state index contributed by atoms with van der Waals surface area (Å²) in [7, 11) is 0. The number of amides is 1. The van der Waals surface area contributed by atoms with Gasteiger partial charge in [0.1, 0.15) is 17.7 Å². The topological polar surface area (TPSA) is 83.2 Å². The minimum atomic E-state index is -0.0155. The van der Waals surface area contributed by atoms with Crippen LogP contribution in [0, 0.1) is 28.6 Å². The number of allylic oxidation sites excluding steroid dienone is 1. The molecule has 0 spiro atoms. The molecule has 1 amide bonds. The Morgan fingerprint density at radius 2 is 1.88 bits per heavy atom. The average molecular weight is 358 g/mol. The molecule has 25 heavy (non-hydrogen) atoms. The minimum Gasteiger partial charge on any atom is -0.366 e. The van der Waals surface area contributed by atoms with Crippen molar-refractivity contribution >= 4 is 28.9 Å². The van der Waals surface area contributed by atoms with Crippen LogP contribution in [0.2, 0.25) is 5.02 Å². The maximum absolute atomic E-state index is 12.1. The van der Waals surface area contributed by atoms with Crippen molar-refractivity contribution in [3.8, 4) is 12.1 Å². The van der Waals surface area contributed by atoms with Gasteiger partial charge in [-0.05, 0) is 18.2 Å². The number of benzene rings is 1. The average Bonchev–Trinajstić information content (AvgIpc) is 2.62. The van der Waals surface area contributed by atoms with Gasteiger partial charge in [0, 0.05) is 43.3 Å². The summed E-state index contributed by atoms with van der Waals surface area (Å²) >= 11 is 6.08. The molecular weight excluding hydrogens is 338 g/mol. The summed E-state index contributed by atoms with van der Waals surface area (Å²) < 4.78 is 0. The Bertz CT molecular complexity index is 736. The molecule has 0 unspecified atom stereocenters. The second-order valence-electron chi connectivity index (χ2n) is 6.05. The third-order valence-corrected chi connectivity index (χ3v) is 4.23. The highest BCUT2D eigenvalue weighted by Crippen LogP contribution is 2.30. The van der Waals surface area contributed by atoms with E-state index in [0.29, 0.717) is 31.2 Å². The van der Waals surface area contributed by atoms with Crippen molar-refractivity contribution in [1.82, 2.24) is 4.90 Å². The van der Waals surface area contributed by atoms with E-state index in [1.54, 1.807) is 12.1 Å². The van der Waals surface area contributed by atoms with Gasteiger partial charge >= 0.3 is 0 Å². The molecule has 0 radical (unpaired) electrons. The molecular formula is C18H20ClN5O. The molecule has 1 aromatic rings. The summed E-state index contributed by atoms with van der Waals surface area (Å²) in [6.07, 6.45) is 1.37. The number of nitrogens with zero attached hydrogens (tertiary/aromatic N) is 4. The Morgan fingerprint density at radius 3 is 2.44 bits per heavy atom. The number of halogens is 1. The molecule has 130 valence electrons. The van der Waals surface area contributed by atoms with Gasteiger partial charge in [-0.2, -0.15) is 10.5 Å². The number of nitrogens with one attached hydrogen (secondary N) is 1. The van der Waals surface area contributed by atoms with Gasteiger partial charge in [0.25, 0.3) is 0 Å². The number of carbonyl (C=O) groups is 1. The second kappa shape index (κ2) is 8.41. The van der Waals surface area contributed by atoms with Crippen molar-refractivity contribution in [3.05, 3.63) is 35.0 Å². The summed E-state index contributed by atoms with van der Waals surface area (Å²) in [6.45, 7) is 6.56. The first-order chi connectivity index (χ1) is 12.0. The lowest BCUT2D eigenvalue weighted by Gasteiger charge is -2.37. The molecule has 1 N–H and O–H groups in total. The van der Waals surface area contributed by atoms with Gasteiger partial charge in [0.2, 0.25) is 5.91 Å². The third-order valence-electron chi connectivity index (χ3n) is 4.00. The largest absolute Gasteiger partial charge is 0.366 e. The molecule has 0 atom stereocenters. The quantitative estimate of drug-likeness (QED) is 0.837. The monoisotopic (exact) mass is 357 g/mol. The molecule has 1 heterocycles. The predicted molar refractivity (Wildman–Crippen MR) is 98.0 cm³/mol. The maximum Gasteiger partial charge on any atom is 0.225 e. The number of nitriles is 2. The SMILES string of the molecule is CC(C)C(=O)N1CCN(c2ccc(Cl)cc2NC=C(C#N)C#N)CC1. The highest BCUT2D eigenvalue weighted by Gasteiger charge is 2.24. The van der Waals surface area contributed by atoms with Gasteiger partial charge in [-0.3, -0.25) is 4.79 Å². The molecule has 2 rings (SSSR count). The highest BCUT2D eigenvalue weighted by molar-refractivity contribution is 6.31. The molecule has 0 saturated carbocycles. The molecule has 0 aliphatic carbocycles. The van der Waals surface area contributed by atoms with Gasteiger partial charge in [0.05, 0.1) is 11.4 Å². The van der Waals surface area contributed by atoms with Crippen molar-refractivity contribution in [2.24, 2.45) is 5.92 Å². The lowest BCUT2D eigenvalue weighted by molar-refractivity contribution is -0.134. The highest BCUT2D eigenvalue weighted by atomic mass is 35.5. The van der Waals surface area contributed by atoms with Crippen molar-refractivity contribution < 1.29 is 4.79 Å². The zero-order chi connectivity index (χ0) is 18.4. The summed E-state index contributed by atoms with van der Waals surface area (Å²) in [5.41, 5.74) is 1.63. The molecule has 1 saturated heterocycles. The van der Waals surface area contributed by atoms with Crippen molar-refractivity contribution in [1.29, 1.82) is 10.5 Å². The van der Waals surface area contributed by atoms with E-state index in [9.17, 15) is 4.79 Å². The zero-order valence-electron chi connectivity index (χ0n) is 14.3. The van der Waals surface area contributed by atoms with Crippen LogP contribution in [0.25, 0.3) is 0 Å². The van der Waals surface area contributed by atoms with Crippen molar-refractivity contribution in [2.75, 3.05) is 36.4 Å². The van der Waals surface area contributed by atoms with Crippen LogP contribution in [-0.4, -0.2) is 37.0 Å². The molecule has 0 bridgehead atoms. The molecule has 0 aromatic heterocycles. The van der Waals surface area contributed by atoms with Gasteiger partial charge in [0.15, 0.2) is 0 Å². The van der Waals surface area contributed by atoms with Crippen LogP contribution in [-0.2, 0) is 4.79 Å². The van der Waals surface area contributed by atoms with Crippen LogP contribution in [0.4, 0.5) is 11.4 Å². The number of piperazine rings is 1. The van der Waals surface area contributed by atoms with Crippen LogP contribution < -0.4 is 10.2 Å². The van der Waals surface area contributed by atoms with E-state index in [1.807, 2.05) is 37.0 Å². The summed E-state index contributed by atoms with van der Waals surface area (Å²) in [4.78, 5) is 16.1. The minimum absolute atomic E-state index is 0.000156. The first-order valence-corrected chi connectivity index (χ1v) is 8.44. The molecule has 6 nitrogen and oxygen atoms in total. The van der Waals surface area contributed by atoms with E-state index in [2.05, 4.69) is 10.2 Å². The fourth-order valence-electron chi connectivity index (χ4n) is 2.67. The summed E-state index contributed by atoms with van der Waals surface area (Å²) in [6, 6.07) is 9.08. The Labute approximate surface area is 152 Å². The van der Waals surface area contributed by atoms with Crippen LogP contribution in [0.1, 0.15) is 13.8 Å². The smallest absolute Gasteiger partial charge is 0.225 e. The number of anilines is 2. The fraction of sp³-hybridized carbons (Fsp3) is 0.389. The predicted octanol–water partition coefficient (Wildman–Crippen LogP) is 2.99. The van der Waals surface area contributed by atoms with Gasteiger partial charge in [-0.15, -0.1) is 0 Å². The Kier molecular flexibility index (Phi) is 6.27. The number of hydrogen-bond donors (Lipinski definition) is 1. The molecule has 7 heteroatoms. The molecule has 1 aliphatic rings. The van der Waals surface area contributed by atoms with E-state index < -0.39 is 0 Å². The Balaban J connectivity index is 2.15. The van der Waals surface area contributed by atoms with E-state index in [0.717, 1.165) is 11.4 Å². The standard InChI is InChI=1S/C18H20ClN5O/c1-13(2)18(25)24-7-5-23(6-8-24)17-4-3-15(19)9-16(17)22-12-14(10-20)11-21/h3-4,9,12-13,22H,5-8H2,1-2H3. The fourth-order valence-corrected chi connectivity index (χ4v) is 2.84. The number of hydrogen-bond acceptors (Lipinski definition) is 5. The number of rotatable bonds is 4. The molecule has 1 aliphatic heterocycles. The van der Waals surface area contributed by atoms with E-state index in [4.69, 9.17) is 22.1 Å². The Hall–Kier alpha value is -2.70. The van der Waals surface area contributed by atoms with Crippen LogP contribution in [0.5, 0.6) is 0 Å². The Morgan fingerprint density at radius 1 is 1.24 bits per heavy atom. The first kappa shape index (κ1) is 18.6. The van der Waals surface area contributed by atoms with Crippen LogP contribution >= 0.6 is 11.6 Å². The third kappa shape index (κ3) is 4.65. The van der Waals surface area contributed by atoms with Crippen LogP contribution in [0.15, 0.2) is 30.0 Å². The molecule has 1 fully saturated rings. The summed E-state index contributed by atoms with van der Waals surface area (Å²) in [5.74, 6) is 0.171.